The summed E-state index contributed by atoms with van der Waals surface area (Å²) in [4.78, 5) is 12.9. The number of rotatable bonds is 0. The van der Waals surface area contributed by atoms with E-state index in [0.29, 0.717) is 5.57 Å². The molecule has 2 nitrogen and oxygen atoms in total. The largest absolute Gasteiger partial charge is 0.377 e. The Kier molecular flexibility index (Phi) is 3.91. The molecule has 20 heavy (non-hydrogen) atoms. The first-order valence-electron chi connectivity index (χ1n) is 7.33. The Morgan fingerprint density at radius 1 is 0.900 bits per heavy atom. The molecular formula is C18H30O2. The molecule has 0 fully saturated rings. The highest BCUT2D eigenvalue weighted by atomic mass is 16.3. The van der Waals surface area contributed by atoms with Crippen molar-refractivity contribution < 1.29 is 9.90 Å². The molecule has 0 aromatic rings. The van der Waals surface area contributed by atoms with Gasteiger partial charge in [0, 0.05) is 11.0 Å². The maximum atomic E-state index is 12.9. The fraction of sp³-hybridized carbons (Fsp3) is 0.722. The van der Waals surface area contributed by atoms with Crippen LogP contribution in [0.25, 0.3) is 0 Å². The van der Waals surface area contributed by atoms with Crippen molar-refractivity contribution in [1.82, 2.24) is 0 Å². The van der Waals surface area contributed by atoms with Gasteiger partial charge in [0.25, 0.3) is 0 Å². The number of ketones is 1. The standard InChI is InChI=1S/C18H30O2/c1-15(2,3)12-10-13(16(4,5)6)14(19)18(20,11-12)17(7,8)9/h10-11,20H,1-9H3. The van der Waals surface area contributed by atoms with E-state index in [2.05, 4.69) is 20.8 Å². The second-order valence-corrected chi connectivity index (χ2v) is 9.00. The molecule has 0 bridgehead atoms. The summed E-state index contributed by atoms with van der Waals surface area (Å²) in [6, 6.07) is 0. The first-order valence-corrected chi connectivity index (χ1v) is 7.33. The molecule has 1 rings (SSSR count). The second-order valence-electron chi connectivity index (χ2n) is 9.00. The summed E-state index contributed by atoms with van der Waals surface area (Å²) in [5.41, 5.74) is -0.614. The van der Waals surface area contributed by atoms with Crippen LogP contribution in [0.1, 0.15) is 62.3 Å². The van der Waals surface area contributed by atoms with Crippen LogP contribution in [-0.4, -0.2) is 16.5 Å². The topological polar surface area (TPSA) is 37.3 Å². The fourth-order valence-electron chi connectivity index (χ4n) is 2.31. The van der Waals surface area contributed by atoms with E-state index in [4.69, 9.17) is 0 Å². The molecule has 0 amide bonds. The maximum Gasteiger partial charge on any atom is 0.195 e. The highest BCUT2D eigenvalue weighted by Crippen LogP contribution is 2.45. The zero-order valence-electron chi connectivity index (χ0n) is 14.5. The predicted octanol–water partition coefficient (Wildman–Crippen LogP) is 4.29. The molecule has 1 aliphatic rings. The average Bonchev–Trinajstić information content (AvgIpc) is 2.16. The number of carbonyl (C=O) groups is 1. The molecular weight excluding hydrogens is 248 g/mol. The summed E-state index contributed by atoms with van der Waals surface area (Å²) in [7, 11) is 0. The van der Waals surface area contributed by atoms with Gasteiger partial charge in [0.15, 0.2) is 11.4 Å². The smallest absolute Gasteiger partial charge is 0.195 e. The number of carbonyl (C=O) groups excluding carboxylic acids is 1. The van der Waals surface area contributed by atoms with Crippen LogP contribution in [-0.2, 0) is 4.79 Å². The van der Waals surface area contributed by atoms with E-state index >= 15 is 0 Å². The first-order chi connectivity index (χ1) is 8.61. The normalized spacial score (nSPS) is 25.4. The molecule has 1 aliphatic carbocycles. The highest BCUT2D eigenvalue weighted by molar-refractivity contribution is 6.06. The number of hydrogen-bond donors (Lipinski definition) is 1. The molecule has 1 atom stereocenters. The molecule has 0 aliphatic heterocycles. The Morgan fingerprint density at radius 3 is 1.65 bits per heavy atom. The molecule has 1 N–H and O–H groups in total. The van der Waals surface area contributed by atoms with Crippen LogP contribution >= 0.6 is 0 Å². The van der Waals surface area contributed by atoms with Crippen molar-refractivity contribution in [1.29, 1.82) is 0 Å². The molecule has 0 radical (unpaired) electrons. The van der Waals surface area contributed by atoms with E-state index in [-0.39, 0.29) is 16.6 Å². The van der Waals surface area contributed by atoms with Gasteiger partial charge in [0.05, 0.1) is 0 Å². The van der Waals surface area contributed by atoms with Gasteiger partial charge in [-0.2, -0.15) is 0 Å². The van der Waals surface area contributed by atoms with Gasteiger partial charge in [-0.3, -0.25) is 4.79 Å². The van der Waals surface area contributed by atoms with Crippen LogP contribution in [0.3, 0.4) is 0 Å². The lowest BCUT2D eigenvalue weighted by molar-refractivity contribution is -0.139. The van der Waals surface area contributed by atoms with Crippen molar-refractivity contribution >= 4 is 5.78 Å². The van der Waals surface area contributed by atoms with Crippen LogP contribution in [0, 0.1) is 16.2 Å². The molecule has 2 heteroatoms. The molecule has 0 aromatic carbocycles. The summed E-state index contributed by atoms with van der Waals surface area (Å²) in [5, 5.41) is 11.1. The van der Waals surface area contributed by atoms with Gasteiger partial charge in [-0.05, 0) is 22.5 Å². The summed E-state index contributed by atoms with van der Waals surface area (Å²) < 4.78 is 0. The number of Topliss-reactive ketones (excluding diaryl/α,β-unsaturated/α-hetero) is 1. The molecule has 0 saturated carbocycles. The van der Waals surface area contributed by atoms with Crippen molar-refractivity contribution in [3.8, 4) is 0 Å². The van der Waals surface area contributed by atoms with Crippen LogP contribution in [0.15, 0.2) is 23.3 Å². The van der Waals surface area contributed by atoms with Gasteiger partial charge in [-0.15, -0.1) is 0 Å². The molecule has 114 valence electrons. The quantitative estimate of drug-likeness (QED) is 0.717. The third-order valence-electron chi connectivity index (χ3n) is 4.07. The minimum Gasteiger partial charge on any atom is -0.377 e. The van der Waals surface area contributed by atoms with Crippen LogP contribution in [0.5, 0.6) is 0 Å². The second kappa shape index (κ2) is 4.56. The maximum absolute atomic E-state index is 12.9. The first kappa shape index (κ1) is 17.2. The number of hydrogen-bond acceptors (Lipinski definition) is 2. The third-order valence-corrected chi connectivity index (χ3v) is 4.07. The summed E-state index contributed by atoms with van der Waals surface area (Å²) in [6.45, 7) is 18.1. The molecule has 0 heterocycles. The highest BCUT2D eigenvalue weighted by Gasteiger charge is 2.50. The minimum absolute atomic E-state index is 0.101. The van der Waals surface area contributed by atoms with Gasteiger partial charge in [0.1, 0.15) is 0 Å². The zero-order chi connectivity index (χ0) is 16.1. The van der Waals surface area contributed by atoms with Gasteiger partial charge >= 0.3 is 0 Å². The van der Waals surface area contributed by atoms with Gasteiger partial charge < -0.3 is 5.11 Å². The van der Waals surface area contributed by atoms with Crippen molar-refractivity contribution in [2.45, 2.75) is 67.9 Å². The van der Waals surface area contributed by atoms with Crippen molar-refractivity contribution in [3.63, 3.8) is 0 Å². The van der Waals surface area contributed by atoms with Crippen LogP contribution in [0.4, 0.5) is 0 Å². The lowest BCUT2D eigenvalue weighted by atomic mass is 9.63. The van der Waals surface area contributed by atoms with Crippen LogP contribution < -0.4 is 0 Å². The Balaban J connectivity index is 3.59. The van der Waals surface area contributed by atoms with Crippen molar-refractivity contribution in [2.24, 2.45) is 16.2 Å². The van der Waals surface area contributed by atoms with E-state index in [1.165, 1.54) is 0 Å². The van der Waals surface area contributed by atoms with E-state index in [1.807, 2.05) is 47.6 Å². The fourth-order valence-corrected chi connectivity index (χ4v) is 2.31. The Hall–Kier alpha value is -0.890. The molecule has 1 unspecified atom stereocenters. The lowest BCUT2D eigenvalue weighted by Crippen LogP contribution is -2.52. The van der Waals surface area contributed by atoms with E-state index in [0.717, 1.165) is 5.57 Å². The zero-order valence-corrected chi connectivity index (χ0v) is 14.5. The van der Waals surface area contributed by atoms with Gasteiger partial charge in [-0.1, -0.05) is 68.4 Å². The Bertz CT molecular complexity index is 473. The SMILES string of the molecule is CC(C)(C)C1=CC(O)(C(C)(C)C)C(=O)C(C(C)(C)C)=C1. The van der Waals surface area contributed by atoms with E-state index in [1.54, 1.807) is 6.08 Å². The molecule has 0 aromatic heterocycles. The molecule has 0 spiro atoms. The number of aliphatic hydroxyl groups is 1. The minimum atomic E-state index is -1.44. The number of allylic oxidation sites excluding steroid dienone is 2. The summed E-state index contributed by atoms with van der Waals surface area (Å²) >= 11 is 0. The monoisotopic (exact) mass is 278 g/mol. The van der Waals surface area contributed by atoms with E-state index in [9.17, 15) is 9.90 Å². The molecule has 0 saturated heterocycles. The van der Waals surface area contributed by atoms with Gasteiger partial charge in [-0.25, -0.2) is 0 Å². The third kappa shape index (κ3) is 2.90. The lowest BCUT2D eigenvalue weighted by Gasteiger charge is -2.43. The Labute approximate surface area is 124 Å². The van der Waals surface area contributed by atoms with E-state index < -0.39 is 11.0 Å². The van der Waals surface area contributed by atoms with Crippen molar-refractivity contribution in [2.75, 3.05) is 0 Å². The van der Waals surface area contributed by atoms with Crippen molar-refractivity contribution in [3.05, 3.63) is 23.3 Å². The predicted molar refractivity (Wildman–Crippen MR) is 84.5 cm³/mol. The summed E-state index contributed by atoms with van der Waals surface area (Å²) in [5.74, 6) is -0.162. The van der Waals surface area contributed by atoms with Crippen LogP contribution in [0.2, 0.25) is 0 Å². The van der Waals surface area contributed by atoms with Gasteiger partial charge in [0.2, 0.25) is 0 Å². The Morgan fingerprint density at radius 2 is 1.35 bits per heavy atom. The average molecular weight is 278 g/mol. The summed E-state index contributed by atoms with van der Waals surface area (Å²) in [6.07, 6.45) is 3.74.